The van der Waals surface area contributed by atoms with E-state index in [1.54, 1.807) is 12.1 Å². The molecule has 0 aromatic heterocycles. The van der Waals surface area contributed by atoms with E-state index in [9.17, 15) is 14.7 Å². The second kappa shape index (κ2) is 5.45. The Bertz CT molecular complexity index is 523. The molecule has 5 heteroatoms. The fourth-order valence-electron chi connectivity index (χ4n) is 3.02. The van der Waals surface area contributed by atoms with Gasteiger partial charge < -0.3 is 10.3 Å². The number of benzene rings is 1. The molecular formula is C15H21ClFNO2. The topological polar surface area (TPSA) is 43.7 Å². The molecule has 0 saturated carbocycles. The summed E-state index contributed by atoms with van der Waals surface area (Å²) in [6.07, 6.45) is 0. The van der Waals surface area contributed by atoms with Gasteiger partial charge in [0.2, 0.25) is 0 Å². The molecule has 0 radical (unpaired) electrons. The van der Waals surface area contributed by atoms with Gasteiger partial charge in [-0.1, -0.05) is 12.1 Å². The van der Waals surface area contributed by atoms with Crippen LogP contribution in [0.1, 0.15) is 33.3 Å². The Kier molecular flexibility index (Phi) is 4.66. The number of nitrogens with zero attached hydrogens (tertiary/aromatic N) is 1. The van der Waals surface area contributed by atoms with Crippen molar-refractivity contribution in [2.45, 2.75) is 38.8 Å². The number of aliphatic hydroxyl groups excluding tert-OH is 1. The lowest BCUT2D eigenvalue weighted by molar-refractivity contribution is -0.184. The van der Waals surface area contributed by atoms with Gasteiger partial charge in [-0.3, -0.25) is 0 Å². The highest BCUT2D eigenvalue weighted by molar-refractivity contribution is 5.85. The van der Waals surface area contributed by atoms with Gasteiger partial charge in [0.05, 0.1) is 17.7 Å². The number of hydrogen-bond donors (Lipinski definition) is 2. The molecule has 0 bridgehead atoms. The van der Waals surface area contributed by atoms with E-state index in [2.05, 4.69) is 0 Å². The van der Waals surface area contributed by atoms with Crippen LogP contribution < -0.4 is 0 Å². The van der Waals surface area contributed by atoms with Crippen LogP contribution in [0.2, 0.25) is 0 Å². The molecular weight excluding hydrogens is 281 g/mol. The van der Waals surface area contributed by atoms with Crippen molar-refractivity contribution in [1.82, 2.24) is 5.06 Å². The summed E-state index contributed by atoms with van der Waals surface area (Å²) in [7, 11) is 0. The Hall–Kier alpha value is -0.940. The van der Waals surface area contributed by atoms with E-state index < -0.39 is 11.1 Å². The zero-order valence-electron chi connectivity index (χ0n) is 12.1. The van der Waals surface area contributed by atoms with Gasteiger partial charge in [-0.2, -0.15) is 5.06 Å². The standard InChI is InChI=1S/C15H20FNO2.ClH/c1-14(2)12(9-18)13(15(3,4)17(14)19)10-5-7-11(16)8-6-10;/h5-8,18-19H,9H2,1-4H3;1H. The Morgan fingerprint density at radius 2 is 1.55 bits per heavy atom. The largest absolute Gasteiger partial charge is 0.392 e. The number of hydrogen-bond acceptors (Lipinski definition) is 3. The SMILES string of the molecule is CC1(C)C(CO)=C(c2ccc(F)cc2)C(C)(C)N1O.Cl. The van der Waals surface area contributed by atoms with Crippen LogP contribution in [0.5, 0.6) is 0 Å². The molecule has 0 saturated heterocycles. The molecule has 1 aliphatic rings. The van der Waals surface area contributed by atoms with Crippen molar-refractivity contribution in [1.29, 1.82) is 0 Å². The minimum absolute atomic E-state index is 0. The van der Waals surface area contributed by atoms with Crippen LogP contribution in [0, 0.1) is 5.82 Å². The molecule has 20 heavy (non-hydrogen) atoms. The quantitative estimate of drug-likeness (QED) is 0.881. The molecule has 1 aromatic carbocycles. The van der Waals surface area contributed by atoms with E-state index >= 15 is 0 Å². The van der Waals surface area contributed by atoms with Gasteiger partial charge in [-0.05, 0) is 56.5 Å². The minimum Gasteiger partial charge on any atom is -0.392 e. The fourth-order valence-corrected chi connectivity index (χ4v) is 3.02. The first-order valence-corrected chi connectivity index (χ1v) is 6.33. The van der Waals surface area contributed by atoms with Gasteiger partial charge in [-0.25, -0.2) is 4.39 Å². The maximum Gasteiger partial charge on any atom is 0.123 e. The summed E-state index contributed by atoms with van der Waals surface area (Å²) >= 11 is 0. The van der Waals surface area contributed by atoms with E-state index in [1.165, 1.54) is 17.2 Å². The predicted octanol–water partition coefficient (Wildman–Crippen LogP) is 3.26. The van der Waals surface area contributed by atoms with Gasteiger partial charge >= 0.3 is 0 Å². The molecule has 1 aromatic rings. The van der Waals surface area contributed by atoms with Crippen LogP contribution in [-0.2, 0) is 0 Å². The molecule has 1 aliphatic heterocycles. The van der Waals surface area contributed by atoms with Crippen molar-refractivity contribution in [2.75, 3.05) is 6.61 Å². The Labute approximate surface area is 125 Å². The van der Waals surface area contributed by atoms with Gasteiger partial charge in [0.15, 0.2) is 0 Å². The molecule has 0 amide bonds. The van der Waals surface area contributed by atoms with Crippen LogP contribution in [0.3, 0.4) is 0 Å². The lowest BCUT2D eigenvalue weighted by Gasteiger charge is -2.37. The normalized spacial score (nSPS) is 20.9. The van der Waals surface area contributed by atoms with Crippen molar-refractivity contribution < 1.29 is 14.7 Å². The smallest absolute Gasteiger partial charge is 0.123 e. The Morgan fingerprint density at radius 1 is 1.05 bits per heavy atom. The zero-order valence-corrected chi connectivity index (χ0v) is 13.0. The monoisotopic (exact) mass is 301 g/mol. The van der Waals surface area contributed by atoms with Gasteiger partial charge in [-0.15, -0.1) is 12.4 Å². The first-order valence-electron chi connectivity index (χ1n) is 6.33. The van der Waals surface area contributed by atoms with Crippen molar-refractivity contribution in [3.63, 3.8) is 0 Å². The zero-order chi connectivity index (χ0) is 14.4. The molecule has 0 unspecified atom stereocenters. The maximum atomic E-state index is 13.0. The molecule has 0 aliphatic carbocycles. The average molecular weight is 302 g/mol. The van der Waals surface area contributed by atoms with Gasteiger partial charge in [0.1, 0.15) is 5.82 Å². The summed E-state index contributed by atoms with van der Waals surface area (Å²) in [6.45, 7) is 7.35. The third kappa shape index (κ3) is 2.37. The minimum atomic E-state index is -0.651. The van der Waals surface area contributed by atoms with E-state index in [4.69, 9.17) is 0 Å². The van der Waals surface area contributed by atoms with Crippen molar-refractivity contribution >= 4 is 18.0 Å². The average Bonchev–Trinajstić information content (AvgIpc) is 2.48. The second-order valence-electron chi connectivity index (χ2n) is 5.95. The molecule has 2 N–H and O–H groups in total. The molecule has 0 atom stereocenters. The summed E-state index contributed by atoms with van der Waals surface area (Å²) in [6, 6.07) is 6.13. The van der Waals surface area contributed by atoms with E-state index in [0.29, 0.717) is 0 Å². The van der Waals surface area contributed by atoms with Crippen LogP contribution >= 0.6 is 12.4 Å². The molecule has 3 nitrogen and oxygen atoms in total. The number of rotatable bonds is 2. The molecule has 2 rings (SSSR count). The highest BCUT2D eigenvalue weighted by atomic mass is 35.5. The third-order valence-electron chi connectivity index (χ3n) is 4.00. The Morgan fingerprint density at radius 3 is 2.00 bits per heavy atom. The highest BCUT2D eigenvalue weighted by Crippen LogP contribution is 2.48. The van der Waals surface area contributed by atoms with Crippen molar-refractivity contribution in [3.8, 4) is 0 Å². The van der Waals surface area contributed by atoms with E-state index in [0.717, 1.165) is 16.7 Å². The summed E-state index contributed by atoms with van der Waals surface area (Å²) in [5.41, 5.74) is 1.13. The molecule has 0 fully saturated rings. The van der Waals surface area contributed by atoms with Crippen LogP contribution in [0.25, 0.3) is 5.57 Å². The summed E-state index contributed by atoms with van der Waals surface area (Å²) in [5, 5.41) is 21.3. The second-order valence-corrected chi connectivity index (χ2v) is 5.95. The van der Waals surface area contributed by atoms with Crippen molar-refractivity contribution in [3.05, 3.63) is 41.2 Å². The van der Waals surface area contributed by atoms with E-state index in [1.807, 2.05) is 27.7 Å². The van der Waals surface area contributed by atoms with Crippen LogP contribution in [0.4, 0.5) is 4.39 Å². The van der Waals surface area contributed by atoms with Gasteiger partial charge in [0.25, 0.3) is 0 Å². The van der Waals surface area contributed by atoms with Crippen LogP contribution in [0.15, 0.2) is 29.8 Å². The van der Waals surface area contributed by atoms with Crippen LogP contribution in [-0.4, -0.2) is 33.1 Å². The highest BCUT2D eigenvalue weighted by Gasteiger charge is 2.50. The molecule has 1 heterocycles. The number of halogens is 2. The third-order valence-corrected chi connectivity index (χ3v) is 4.00. The lowest BCUT2D eigenvalue weighted by atomic mass is 9.86. The summed E-state index contributed by atoms with van der Waals surface area (Å²) in [4.78, 5) is 0. The summed E-state index contributed by atoms with van der Waals surface area (Å²) in [5.74, 6) is -0.300. The first-order chi connectivity index (χ1) is 8.72. The van der Waals surface area contributed by atoms with Crippen molar-refractivity contribution in [2.24, 2.45) is 0 Å². The Balaban J connectivity index is 0.00000200. The molecule has 112 valence electrons. The maximum absolute atomic E-state index is 13.0. The number of aliphatic hydroxyl groups is 1. The first kappa shape index (κ1) is 17.1. The summed E-state index contributed by atoms with van der Waals surface area (Å²) < 4.78 is 13.0. The van der Waals surface area contributed by atoms with E-state index in [-0.39, 0.29) is 24.8 Å². The number of hydroxylamine groups is 2. The molecule has 0 spiro atoms. The predicted molar refractivity (Wildman–Crippen MR) is 79.4 cm³/mol. The lowest BCUT2D eigenvalue weighted by Crippen LogP contribution is -2.48. The van der Waals surface area contributed by atoms with Gasteiger partial charge in [0, 0.05) is 0 Å². The fraction of sp³-hybridized carbons (Fsp3) is 0.467.